The van der Waals surface area contributed by atoms with Crippen molar-refractivity contribution in [2.45, 2.75) is 32.5 Å². The largest absolute Gasteiger partial charge is 0.421 e. The van der Waals surface area contributed by atoms with Gasteiger partial charge in [-0.15, -0.1) is 0 Å². The summed E-state index contributed by atoms with van der Waals surface area (Å²) >= 11 is 3.05. The van der Waals surface area contributed by atoms with Gasteiger partial charge in [-0.2, -0.15) is 13.2 Å². The van der Waals surface area contributed by atoms with Crippen molar-refractivity contribution in [3.63, 3.8) is 0 Å². The lowest BCUT2D eigenvalue weighted by Gasteiger charge is -2.28. The van der Waals surface area contributed by atoms with Gasteiger partial charge in [-0.1, -0.05) is 22.0 Å². The zero-order valence-electron chi connectivity index (χ0n) is 9.11. The summed E-state index contributed by atoms with van der Waals surface area (Å²) < 4.78 is 38.2. The molecule has 0 saturated heterocycles. The Hall–Kier alpha value is -0.550. The van der Waals surface area contributed by atoms with E-state index in [-0.39, 0.29) is 10.0 Å². The van der Waals surface area contributed by atoms with Crippen LogP contribution in [0.4, 0.5) is 13.2 Å². The number of aliphatic hydroxyl groups is 1. The maximum Gasteiger partial charge on any atom is 0.421 e. The van der Waals surface area contributed by atoms with Gasteiger partial charge in [0.15, 0.2) is 5.60 Å². The summed E-state index contributed by atoms with van der Waals surface area (Å²) in [5.74, 6) is 0. The third-order valence-electron chi connectivity index (χ3n) is 2.66. The monoisotopic (exact) mass is 296 g/mol. The molecule has 0 amide bonds. The molecule has 1 rings (SSSR count). The van der Waals surface area contributed by atoms with Gasteiger partial charge < -0.3 is 5.11 Å². The van der Waals surface area contributed by atoms with E-state index in [2.05, 4.69) is 15.9 Å². The minimum absolute atomic E-state index is 0.164. The molecule has 16 heavy (non-hydrogen) atoms. The summed E-state index contributed by atoms with van der Waals surface area (Å²) in [6.07, 6.45) is -4.70. The summed E-state index contributed by atoms with van der Waals surface area (Å²) in [4.78, 5) is 0. The van der Waals surface area contributed by atoms with Crippen LogP contribution in [0.2, 0.25) is 0 Å². The summed E-state index contributed by atoms with van der Waals surface area (Å²) in [6, 6.07) is 2.93. The van der Waals surface area contributed by atoms with E-state index in [4.69, 9.17) is 0 Å². The SMILES string of the molecule is Cc1cc(Br)c(C(C)(O)C(F)(F)F)cc1C. The van der Waals surface area contributed by atoms with Crippen LogP contribution in [0.15, 0.2) is 16.6 Å². The Balaban J connectivity index is 3.39. The van der Waals surface area contributed by atoms with Gasteiger partial charge in [0.05, 0.1) is 0 Å². The molecule has 0 radical (unpaired) electrons. The van der Waals surface area contributed by atoms with Crippen LogP contribution in [0.25, 0.3) is 0 Å². The van der Waals surface area contributed by atoms with Gasteiger partial charge >= 0.3 is 6.18 Å². The highest BCUT2D eigenvalue weighted by Crippen LogP contribution is 2.42. The minimum atomic E-state index is -4.70. The van der Waals surface area contributed by atoms with Crippen molar-refractivity contribution in [2.75, 3.05) is 0 Å². The van der Waals surface area contributed by atoms with Gasteiger partial charge in [-0.25, -0.2) is 0 Å². The number of alkyl halides is 3. The first-order valence-electron chi connectivity index (χ1n) is 4.63. The van der Waals surface area contributed by atoms with Crippen molar-refractivity contribution < 1.29 is 18.3 Å². The van der Waals surface area contributed by atoms with E-state index in [0.717, 1.165) is 12.5 Å². The summed E-state index contributed by atoms with van der Waals surface area (Å²) in [7, 11) is 0. The van der Waals surface area contributed by atoms with E-state index >= 15 is 0 Å². The number of rotatable bonds is 1. The van der Waals surface area contributed by atoms with E-state index in [1.165, 1.54) is 6.07 Å². The molecule has 0 aliphatic carbocycles. The molecule has 5 heteroatoms. The summed E-state index contributed by atoms with van der Waals surface area (Å²) in [5.41, 5.74) is -1.43. The van der Waals surface area contributed by atoms with Crippen molar-refractivity contribution in [2.24, 2.45) is 0 Å². The third-order valence-corrected chi connectivity index (χ3v) is 3.32. The normalized spacial score (nSPS) is 16.0. The number of hydrogen-bond acceptors (Lipinski definition) is 1. The smallest absolute Gasteiger partial charge is 0.376 e. The molecule has 0 aromatic heterocycles. The fourth-order valence-electron chi connectivity index (χ4n) is 1.31. The van der Waals surface area contributed by atoms with Crippen molar-refractivity contribution >= 4 is 15.9 Å². The first-order chi connectivity index (χ1) is 7.07. The molecule has 1 nitrogen and oxygen atoms in total. The Morgan fingerprint density at radius 2 is 1.56 bits per heavy atom. The van der Waals surface area contributed by atoms with Gasteiger partial charge in [0.2, 0.25) is 0 Å². The Kier molecular flexibility index (Phi) is 3.41. The quantitative estimate of drug-likeness (QED) is 0.835. The second-order valence-corrected chi connectivity index (χ2v) is 4.84. The molecular weight excluding hydrogens is 285 g/mol. The second kappa shape index (κ2) is 4.04. The van der Waals surface area contributed by atoms with Crippen LogP contribution in [0, 0.1) is 13.8 Å². The number of halogens is 4. The second-order valence-electron chi connectivity index (χ2n) is 3.99. The van der Waals surface area contributed by atoms with E-state index in [1.54, 1.807) is 19.9 Å². The zero-order valence-corrected chi connectivity index (χ0v) is 10.7. The molecule has 0 spiro atoms. The summed E-state index contributed by atoms with van der Waals surface area (Å²) in [6.45, 7) is 4.26. The molecule has 1 aromatic carbocycles. The predicted octanol–water partition coefficient (Wildman–Crippen LogP) is 3.84. The Labute approximate surface area is 100 Å². The fourth-order valence-corrected chi connectivity index (χ4v) is 2.15. The molecule has 0 heterocycles. The highest BCUT2D eigenvalue weighted by Gasteiger charge is 2.52. The number of hydrogen-bond donors (Lipinski definition) is 1. The molecule has 1 aromatic rings. The summed E-state index contributed by atoms with van der Waals surface area (Å²) in [5, 5.41) is 9.56. The van der Waals surface area contributed by atoms with Crippen LogP contribution in [0.3, 0.4) is 0 Å². The van der Waals surface area contributed by atoms with Crippen molar-refractivity contribution in [1.82, 2.24) is 0 Å². The van der Waals surface area contributed by atoms with Crippen LogP contribution in [0.1, 0.15) is 23.6 Å². The lowest BCUT2D eigenvalue weighted by atomic mass is 9.92. The molecule has 0 bridgehead atoms. The molecule has 0 aliphatic heterocycles. The maximum absolute atomic E-state index is 12.7. The molecule has 0 aliphatic rings. The first kappa shape index (κ1) is 13.5. The van der Waals surface area contributed by atoms with Crippen LogP contribution in [-0.2, 0) is 5.60 Å². The van der Waals surface area contributed by atoms with Crippen LogP contribution < -0.4 is 0 Å². The van der Waals surface area contributed by atoms with Gasteiger partial charge in [-0.3, -0.25) is 0 Å². The molecule has 1 unspecified atom stereocenters. The van der Waals surface area contributed by atoms with Gasteiger partial charge in [0.1, 0.15) is 0 Å². The molecular formula is C11H12BrF3O. The fraction of sp³-hybridized carbons (Fsp3) is 0.455. The van der Waals surface area contributed by atoms with E-state index in [9.17, 15) is 18.3 Å². The van der Waals surface area contributed by atoms with Gasteiger partial charge in [-0.05, 0) is 38.0 Å². The highest BCUT2D eigenvalue weighted by atomic mass is 79.9. The van der Waals surface area contributed by atoms with Crippen LogP contribution >= 0.6 is 15.9 Å². The van der Waals surface area contributed by atoms with E-state index in [0.29, 0.717) is 5.56 Å². The van der Waals surface area contributed by atoms with Crippen LogP contribution in [-0.4, -0.2) is 11.3 Å². The number of aryl methyl sites for hydroxylation is 2. The average Bonchev–Trinajstić information content (AvgIpc) is 2.09. The van der Waals surface area contributed by atoms with Crippen molar-refractivity contribution in [1.29, 1.82) is 0 Å². The molecule has 0 saturated carbocycles. The average molecular weight is 297 g/mol. The first-order valence-corrected chi connectivity index (χ1v) is 5.43. The lowest BCUT2D eigenvalue weighted by Crippen LogP contribution is -2.39. The Morgan fingerprint density at radius 3 is 2.00 bits per heavy atom. The van der Waals surface area contributed by atoms with Gasteiger partial charge in [0, 0.05) is 10.0 Å². The molecule has 1 atom stereocenters. The zero-order chi connectivity index (χ0) is 12.7. The Morgan fingerprint density at radius 1 is 1.12 bits per heavy atom. The van der Waals surface area contributed by atoms with Crippen molar-refractivity contribution in [3.8, 4) is 0 Å². The van der Waals surface area contributed by atoms with E-state index < -0.39 is 11.8 Å². The highest BCUT2D eigenvalue weighted by molar-refractivity contribution is 9.10. The van der Waals surface area contributed by atoms with Crippen molar-refractivity contribution in [3.05, 3.63) is 33.3 Å². The van der Waals surface area contributed by atoms with Crippen LogP contribution in [0.5, 0.6) is 0 Å². The molecule has 1 N–H and O–H groups in total. The predicted molar refractivity (Wildman–Crippen MR) is 59.2 cm³/mol. The lowest BCUT2D eigenvalue weighted by molar-refractivity contribution is -0.259. The molecule has 90 valence electrons. The minimum Gasteiger partial charge on any atom is -0.376 e. The molecule has 0 fully saturated rings. The van der Waals surface area contributed by atoms with E-state index in [1.807, 2.05) is 0 Å². The topological polar surface area (TPSA) is 20.2 Å². The number of benzene rings is 1. The Bertz CT molecular complexity index is 410. The third kappa shape index (κ3) is 2.25. The maximum atomic E-state index is 12.7. The standard InChI is InChI=1S/C11H12BrF3O/c1-6-4-8(9(12)5-7(6)2)10(3,16)11(13,14)15/h4-5,16H,1-3H3. The van der Waals surface area contributed by atoms with Gasteiger partial charge in [0.25, 0.3) is 0 Å².